The molecule has 1 aromatic heterocycles. The van der Waals surface area contributed by atoms with Gasteiger partial charge in [0.2, 0.25) is 0 Å². The Bertz CT molecular complexity index is 983. The Balaban J connectivity index is 1.61. The molecule has 3 aromatic rings. The van der Waals surface area contributed by atoms with Gasteiger partial charge in [0.05, 0.1) is 12.6 Å². The Morgan fingerprint density at radius 2 is 1.85 bits per heavy atom. The third-order valence-corrected chi connectivity index (χ3v) is 5.67. The van der Waals surface area contributed by atoms with E-state index >= 15 is 0 Å². The molecule has 0 unspecified atom stereocenters. The highest BCUT2D eigenvalue weighted by Gasteiger charge is 2.39. The first kappa shape index (κ1) is 16.5. The fourth-order valence-electron chi connectivity index (χ4n) is 4.00. The van der Waals surface area contributed by atoms with Crippen molar-refractivity contribution in [1.82, 2.24) is 14.9 Å². The molecule has 0 spiro atoms. The molecule has 0 bridgehead atoms. The Kier molecular flexibility index (Phi) is 3.97. The summed E-state index contributed by atoms with van der Waals surface area (Å²) in [5.74, 6) is 1.41. The molecule has 27 heavy (non-hydrogen) atoms. The zero-order valence-corrected chi connectivity index (χ0v) is 15.6. The second-order valence-electron chi connectivity index (χ2n) is 7.62. The van der Waals surface area contributed by atoms with E-state index in [0.717, 1.165) is 46.4 Å². The van der Waals surface area contributed by atoms with Gasteiger partial charge in [-0.2, -0.15) is 0 Å². The lowest BCUT2D eigenvalue weighted by molar-refractivity contribution is 0.244. The predicted octanol–water partition coefficient (Wildman–Crippen LogP) is 4.01. The molecular formula is C22H24N4O. The van der Waals surface area contributed by atoms with Crippen molar-refractivity contribution in [3.8, 4) is 16.9 Å². The van der Waals surface area contributed by atoms with E-state index in [2.05, 4.69) is 39.1 Å². The fourth-order valence-corrected chi connectivity index (χ4v) is 4.00. The minimum Gasteiger partial charge on any atom is -0.496 e. The van der Waals surface area contributed by atoms with Gasteiger partial charge in [-0.25, -0.2) is 9.97 Å². The van der Waals surface area contributed by atoms with Crippen molar-refractivity contribution >= 4 is 16.7 Å². The molecule has 5 rings (SSSR count). The molecule has 2 fully saturated rings. The quantitative estimate of drug-likeness (QED) is 0.719. The van der Waals surface area contributed by atoms with E-state index in [9.17, 15) is 0 Å². The van der Waals surface area contributed by atoms with Crippen LogP contribution < -0.4 is 10.5 Å². The van der Waals surface area contributed by atoms with Crippen molar-refractivity contribution in [3.63, 3.8) is 0 Å². The summed E-state index contributed by atoms with van der Waals surface area (Å²) in [4.78, 5) is 11.2. The van der Waals surface area contributed by atoms with Gasteiger partial charge in [0.1, 0.15) is 17.9 Å². The number of hydrogen-bond donors (Lipinski definition) is 1. The lowest BCUT2D eigenvalue weighted by atomic mass is 9.96. The van der Waals surface area contributed by atoms with Gasteiger partial charge < -0.3 is 10.5 Å². The van der Waals surface area contributed by atoms with E-state index in [1.165, 1.54) is 37.6 Å². The van der Waals surface area contributed by atoms with Crippen molar-refractivity contribution < 1.29 is 4.74 Å². The Hall–Kier alpha value is -2.66. The first-order valence-electron chi connectivity index (χ1n) is 9.67. The summed E-state index contributed by atoms with van der Waals surface area (Å²) in [7, 11) is 1.74. The lowest BCUT2D eigenvalue weighted by Gasteiger charge is -2.24. The normalized spacial score (nSPS) is 16.8. The van der Waals surface area contributed by atoms with Crippen molar-refractivity contribution in [2.45, 2.75) is 44.3 Å². The van der Waals surface area contributed by atoms with Crippen LogP contribution in [0.2, 0.25) is 0 Å². The summed E-state index contributed by atoms with van der Waals surface area (Å²) in [5.41, 5.74) is 10.5. The van der Waals surface area contributed by atoms with Crippen molar-refractivity contribution in [2.75, 3.05) is 12.8 Å². The van der Waals surface area contributed by atoms with Gasteiger partial charge in [0.25, 0.3) is 0 Å². The molecule has 0 aliphatic heterocycles. The number of anilines is 1. The number of aromatic nitrogens is 2. The summed E-state index contributed by atoms with van der Waals surface area (Å²) >= 11 is 0. The number of hydrogen-bond acceptors (Lipinski definition) is 5. The van der Waals surface area contributed by atoms with E-state index in [1.807, 2.05) is 12.1 Å². The van der Waals surface area contributed by atoms with Crippen LogP contribution in [0.5, 0.6) is 5.75 Å². The Morgan fingerprint density at radius 3 is 2.56 bits per heavy atom. The molecule has 2 aromatic carbocycles. The summed E-state index contributed by atoms with van der Waals surface area (Å²) in [6.07, 6.45) is 6.84. The molecule has 2 aliphatic carbocycles. The third kappa shape index (κ3) is 3.12. The number of ether oxygens (including phenoxy) is 1. The standard InChI is InChI=1S/C22H24N4O/c1-27-20-4-2-3-15(12-26(16-6-7-16)17-8-9-17)21(20)14-5-10-19-18(11-14)22(23)25-13-24-19/h2-5,10-11,13,16-17H,6-9,12H2,1H3,(H2,23,24,25). The number of benzene rings is 2. The Morgan fingerprint density at radius 1 is 1.07 bits per heavy atom. The molecule has 2 saturated carbocycles. The molecule has 138 valence electrons. The summed E-state index contributed by atoms with van der Waals surface area (Å²) in [5, 5.41) is 0.882. The number of rotatable bonds is 6. The topological polar surface area (TPSA) is 64.3 Å². The summed E-state index contributed by atoms with van der Waals surface area (Å²) < 4.78 is 5.74. The van der Waals surface area contributed by atoms with Crippen molar-refractivity contribution in [1.29, 1.82) is 0 Å². The summed E-state index contributed by atoms with van der Waals surface area (Å²) in [6, 6.07) is 14.1. The van der Waals surface area contributed by atoms with Crippen LogP contribution >= 0.6 is 0 Å². The van der Waals surface area contributed by atoms with Gasteiger partial charge in [-0.05, 0) is 55.0 Å². The van der Waals surface area contributed by atoms with Crippen LogP contribution in [0.4, 0.5) is 5.82 Å². The fraction of sp³-hybridized carbons (Fsp3) is 0.364. The first-order valence-corrected chi connectivity index (χ1v) is 9.67. The molecule has 2 N–H and O–H groups in total. The maximum atomic E-state index is 6.10. The number of nitrogens with zero attached hydrogens (tertiary/aromatic N) is 3. The van der Waals surface area contributed by atoms with Crippen molar-refractivity contribution in [3.05, 3.63) is 48.3 Å². The van der Waals surface area contributed by atoms with Crippen LogP contribution in [0.15, 0.2) is 42.7 Å². The first-order chi connectivity index (χ1) is 13.2. The molecule has 0 amide bonds. The molecular weight excluding hydrogens is 336 g/mol. The average molecular weight is 360 g/mol. The highest BCUT2D eigenvalue weighted by Crippen LogP contribution is 2.41. The molecule has 0 saturated heterocycles. The van der Waals surface area contributed by atoms with E-state index < -0.39 is 0 Å². The Labute approximate surface area is 159 Å². The van der Waals surface area contributed by atoms with E-state index in [0.29, 0.717) is 5.82 Å². The number of nitrogens with two attached hydrogens (primary N) is 1. The zero-order chi connectivity index (χ0) is 18.4. The number of methoxy groups -OCH3 is 1. The molecule has 5 nitrogen and oxygen atoms in total. The minimum atomic E-state index is 0.510. The largest absolute Gasteiger partial charge is 0.496 e. The van der Waals surface area contributed by atoms with Gasteiger partial charge >= 0.3 is 0 Å². The third-order valence-electron chi connectivity index (χ3n) is 5.67. The maximum Gasteiger partial charge on any atom is 0.134 e. The van der Waals surface area contributed by atoms with E-state index in [4.69, 9.17) is 10.5 Å². The van der Waals surface area contributed by atoms with Gasteiger partial charge in [-0.15, -0.1) is 0 Å². The smallest absolute Gasteiger partial charge is 0.134 e. The second-order valence-corrected chi connectivity index (χ2v) is 7.62. The van der Waals surface area contributed by atoms with Crippen LogP contribution in [-0.4, -0.2) is 34.1 Å². The molecule has 0 atom stereocenters. The number of fused-ring (bicyclic) bond motifs is 1. The van der Waals surface area contributed by atoms with Gasteiger partial charge in [0.15, 0.2) is 0 Å². The zero-order valence-electron chi connectivity index (χ0n) is 15.6. The molecule has 2 aliphatic rings. The van der Waals surface area contributed by atoms with Crippen molar-refractivity contribution in [2.24, 2.45) is 0 Å². The van der Waals surface area contributed by atoms with Crippen LogP contribution in [0.1, 0.15) is 31.2 Å². The highest BCUT2D eigenvalue weighted by molar-refractivity contribution is 5.92. The van der Waals surface area contributed by atoms with E-state index in [1.54, 1.807) is 7.11 Å². The molecule has 0 radical (unpaired) electrons. The van der Waals surface area contributed by atoms with E-state index in [-0.39, 0.29) is 0 Å². The van der Waals surface area contributed by atoms with Crippen LogP contribution in [0.25, 0.3) is 22.0 Å². The number of nitrogen functional groups attached to an aromatic ring is 1. The monoisotopic (exact) mass is 360 g/mol. The minimum absolute atomic E-state index is 0.510. The molecule has 1 heterocycles. The average Bonchev–Trinajstić information content (AvgIpc) is 3.59. The predicted molar refractivity (Wildman–Crippen MR) is 108 cm³/mol. The second kappa shape index (κ2) is 6.50. The van der Waals surface area contributed by atoms with Crippen LogP contribution in [0, 0.1) is 0 Å². The van der Waals surface area contributed by atoms with Crippen LogP contribution in [0.3, 0.4) is 0 Å². The maximum absolute atomic E-state index is 6.10. The van der Waals surface area contributed by atoms with Gasteiger partial charge in [-0.3, -0.25) is 4.90 Å². The van der Waals surface area contributed by atoms with Gasteiger partial charge in [-0.1, -0.05) is 18.2 Å². The lowest BCUT2D eigenvalue weighted by Crippen LogP contribution is -2.28. The van der Waals surface area contributed by atoms with Gasteiger partial charge in [0, 0.05) is 29.6 Å². The highest BCUT2D eigenvalue weighted by atomic mass is 16.5. The van der Waals surface area contributed by atoms with Crippen LogP contribution in [-0.2, 0) is 6.54 Å². The molecule has 5 heteroatoms. The SMILES string of the molecule is COc1cccc(CN(C2CC2)C2CC2)c1-c1ccc2ncnc(N)c2c1. The summed E-state index contributed by atoms with van der Waals surface area (Å²) in [6.45, 7) is 0.973.